The third-order valence-corrected chi connectivity index (χ3v) is 10.2. The first-order chi connectivity index (χ1) is 27.8. The fourth-order valence-electron chi connectivity index (χ4n) is 7.54. The maximum Gasteiger partial charge on any atom is 0.238 e. The summed E-state index contributed by atoms with van der Waals surface area (Å²) in [6, 6.07) is 74.0. The Kier molecular flexibility index (Phi) is 8.43. The maximum absolute atomic E-state index is 5.15. The smallest absolute Gasteiger partial charge is 0.238 e. The number of aromatic nitrogens is 4. The van der Waals surface area contributed by atoms with Gasteiger partial charge < -0.3 is 4.57 Å². The van der Waals surface area contributed by atoms with Crippen LogP contribution in [0.15, 0.2) is 212 Å². The van der Waals surface area contributed by atoms with E-state index in [0.29, 0.717) is 17.6 Å². The third-order valence-electron chi connectivity index (χ3n) is 10.2. The molecule has 8 aromatic carbocycles. The number of fused-ring (bicyclic) bond motifs is 3. The highest BCUT2D eigenvalue weighted by Gasteiger charge is 2.22. The molecule has 264 valence electrons. The summed E-state index contributed by atoms with van der Waals surface area (Å²) in [4.78, 5) is 17.4. The molecule has 0 radical (unpaired) electrons. The number of rotatable bonds is 8. The van der Waals surface area contributed by atoms with Gasteiger partial charge in [0.25, 0.3) is 0 Å². The van der Waals surface area contributed by atoms with Crippen LogP contribution in [0.4, 0.5) is 17.3 Å². The molecule has 5 nitrogen and oxygen atoms in total. The highest BCUT2D eigenvalue weighted by Crippen LogP contribution is 2.40. The monoisotopic (exact) mass is 717 g/mol. The van der Waals surface area contributed by atoms with Crippen molar-refractivity contribution in [3.8, 4) is 50.7 Å². The molecule has 56 heavy (non-hydrogen) atoms. The van der Waals surface area contributed by atoms with E-state index in [4.69, 9.17) is 15.0 Å². The van der Waals surface area contributed by atoms with E-state index < -0.39 is 0 Å². The van der Waals surface area contributed by atoms with Crippen LogP contribution in [0.1, 0.15) is 0 Å². The summed E-state index contributed by atoms with van der Waals surface area (Å²) in [5, 5.41) is 2.36. The Morgan fingerprint density at radius 2 is 0.821 bits per heavy atom. The summed E-state index contributed by atoms with van der Waals surface area (Å²) in [6.45, 7) is 0. The van der Waals surface area contributed by atoms with Gasteiger partial charge in [-0.1, -0.05) is 170 Å². The predicted molar refractivity (Wildman–Crippen MR) is 231 cm³/mol. The highest BCUT2D eigenvalue weighted by molar-refractivity contribution is 6.10. The van der Waals surface area contributed by atoms with Gasteiger partial charge in [0.05, 0.1) is 16.7 Å². The molecule has 0 bridgehead atoms. The number of nitrogens with zero attached hydrogens (tertiary/aromatic N) is 5. The fourth-order valence-corrected chi connectivity index (χ4v) is 7.54. The van der Waals surface area contributed by atoms with Gasteiger partial charge in [-0.2, -0.15) is 9.97 Å². The van der Waals surface area contributed by atoms with Crippen LogP contribution in [0.25, 0.3) is 72.5 Å². The van der Waals surface area contributed by atoms with E-state index in [1.54, 1.807) is 0 Å². The van der Waals surface area contributed by atoms with E-state index in [0.717, 1.165) is 44.8 Å². The molecule has 0 aliphatic heterocycles. The number of benzene rings is 8. The quantitative estimate of drug-likeness (QED) is 0.157. The summed E-state index contributed by atoms with van der Waals surface area (Å²) in [5.41, 5.74) is 11.8. The van der Waals surface area contributed by atoms with Crippen LogP contribution in [0.2, 0.25) is 0 Å². The normalized spacial score (nSPS) is 11.2. The Labute approximate surface area is 325 Å². The van der Waals surface area contributed by atoms with Gasteiger partial charge >= 0.3 is 0 Å². The molecule has 5 heteroatoms. The zero-order chi connectivity index (χ0) is 37.3. The lowest BCUT2D eigenvalue weighted by atomic mass is 10.00. The molecule has 0 unspecified atom stereocenters. The lowest BCUT2D eigenvalue weighted by Crippen LogP contribution is -2.15. The van der Waals surface area contributed by atoms with Crippen LogP contribution in [0.3, 0.4) is 0 Å². The van der Waals surface area contributed by atoms with E-state index in [1.807, 2.05) is 78.9 Å². The van der Waals surface area contributed by atoms with Crippen molar-refractivity contribution in [2.75, 3.05) is 4.90 Å². The predicted octanol–water partition coefficient (Wildman–Crippen LogP) is 13.1. The van der Waals surface area contributed by atoms with Gasteiger partial charge in [-0.25, -0.2) is 4.98 Å². The molecule has 10 aromatic rings. The first-order valence-corrected chi connectivity index (χ1v) is 18.8. The van der Waals surface area contributed by atoms with Crippen molar-refractivity contribution in [1.82, 2.24) is 19.5 Å². The summed E-state index contributed by atoms with van der Waals surface area (Å²) in [7, 11) is 0. The van der Waals surface area contributed by atoms with E-state index in [2.05, 4.69) is 143 Å². The Bertz CT molecular complexity index is 2880. The number of para-hydroxylation sites is 2. The van der Waals surface area contributed by atoms with Crippen molar-refractivity contribution in [3.05, 3.63) is 212 Å². The summed E-state index contributed by atoms with van der Waals surface area (Å²) in [5.74, 6) is 1.75. The lowest BCUT2D eigenvalue weighted by molar-refractivity contribution is 1.02. The molecule has 0 amide bonds. The average Bonchev–Trinajstić information content (AvgIpc) is 3.61. The molecule has 0 N–H and O–H groups in total. The zero-order valence-corrected chi connectivity index (χ0v) is 30.4. The minimum Gasteiger partial charge on any atom is -0.309 e. The van der Waals surface area contributed by atoms with Crippen molar-refractivity contribution in [2.45, 2.75) is 0 Å². The van der Waals surface area contributed by atoms with Crippen LogP contribution in [0.5, 0.6) is 0 Å². The molecule has 0 aliphatic carbocycles. The SMILES string of the molecule is c1ccc(-c2ccc(-c3cccc(-n4c5ccccc5c5ccc(N(c6ccccc6)c6nc(-c7ccccc7)nc(-c7ccccc7)n6)cc54)c3)cc2)cc1. The summed E-state index contributed by atoms with van der Waals surface area (Å²) >= 11 is 0. The minimum absolute atomic E-state index is 0.534. The van der Waals surface area contributed by atoms with Gasteiger partial charge in [-0.15, -0.1) is 0 Å². The van der Waals surface area contributed by atoms with Crippen molar-refractivity contribution in [1.29, 1.82) is 0 Å². The van der Waals surface area contributed by atoms with Crippen LogP contribution in [0, 0.1) is 0 Å². The number of anilines is 3. The van der Waals surface area contributed by atoms with E-state index in [-0.39, 0.29) is 0 Å². The van der Waals surface area contributed by atoms with Gasteiger partial charge in [-0.3, -0.25) is 4.90 Å². The van der Waals surface area contributed by atoms with Gasteiger partial charge in [0.1, 0.15) is 0 Å². The molecule has 2 heterocycles. The first-order valence-electron chi connectivity index (χ1n) is 18.8. The largest absolute Gasteiger partial charge is 0.309 e. The fraction of sp³-hybridized carbons (Fsp3) is 0. The minimum atomic E-state index is 0.534. The second kappa shape index (κ2) is 14.3. The standard InChI is InChI=1S/C51H35N5/c1-5-16-36(17-6-1)37-28-30-38(31-29-37)41-22-15-25-43(34-41)56-47-27-14-13-26-45(47)46-33-32-44(35-48(46)56)55(42-23-11-4-12-24-42)51-53-49(39-18-7-2-8-19-39)52-50(54-51)40-20-9-3-10-21-40/h1-35H. The molecule has 0 spiro atoms. The van der Waals surface area contributed by atoms with Crippen molar-refractivity contribution in [3.63, 3.8) is 0 Å². The second-order valence-corrected chi connectivity index (χ2v) is 13.7. The molecule has 0 saturated heterocycles. The van der Waals surface area contributed by atoms with Gasteiger partial charge in [0.2, 0.25) is 5.95 Å². The van der Waals surface area contributed by atoms with Crippen LogP contribution in [-0.2, 0) is 0 Å². The Hall–Kier alpha value is -7.63. The van der Waals surface area contributed by atoms with Crippen LogP contribution < -0.4 is 4.90 Å². The van der Waals surface area contributed by atoms with Gasteiger partial charge in [-0.05, 0) is 64.7 Å². The molecular weight excluding hydrogens is 683 g/mol. The second-order valence-electron chi connectivity index (χ2n) is 13.7. The van der Waals surface area contributed by atoms with E-state index in [9.17, 15) is 0 Å². The average molecular weight is 718 g/mol. The Balaban J connectivity index is 1.14. The van der Waals surface area contributed by atoms with Crippen molar-refractivity contribution < 1.29 is 0 Å². The number of hydrogen-bond acceptors (Lipinski definition) is 4. The lowest BCUT2D eigenvalue weighted by Gasteiger charge is -2.24. The van der Waals surface area contributed by atoms with Crippen LogP contribution in [-0.4, -0.2) is 19.5 Å². The molecule has 0 saturated carbocycles. The van der Waals surface area contributed by atoms with E-state index >= 15 is 0 Å². The number of hydrogen-bond donors (Lipinski definition) is 0. The molecule has 2 aromatic heterocycles. The topological polar surface area (TPSA) is 46.8 Å². The molecule has 0 fully saturated rings. The maximum atomic E-state index is 5.15. The van der Waals surface area contributed by atoms with Crippen molar-refractivity contribution >= 4 is 39.1 Å². The zero-order valence-electron chi connectivity index (χ0n) is 30.4. The highest BCUT2D eigenvalue weighted by atomic mass is 15.3. The molecular formula is C51H35N5. The van der Waals surface area contributed by atoms with E-state index in [1.165, 1.54) is 27.5 Å². The first kappa shape index (κ1) is 33.0. The Morgan fingerprint density at radius 1 is 0.321 bits per heavy atom. The van der Waals surface area contributed by atoms with Crippen LogP contribution >= 0.6 is 0 Å². The van der Waals surface area contributed by atoms with Gasteiger partial charge in [0, 0.05) is 33.3 Å². The Morgan fingerprint density at radius 3 is 1.46 bits per heavy atom. The summed E-state index contributed by atoms with van der Waals surface area (Å²) in [6.07, 6.45) is 0. The molecule has 10 rings (SSSR count). The van der Waals surface area contributed by atoms with Crippen molar-refractivity contribution in [2.24, 2.45) is 0 Å². The third kappa shape index (κ3) is 6.17. The summed E-state index contributed by atoms with van der Waals surface area (Å²) < 4.78 is 2.37. The molecule has 0 atom stereocenters. The van der Waals surface area contributed by atoms with Gasteiger partial charge in [0.15, 0.2) is 11.6 Å². The molecule has 0 aliphatic rings.